The largest absolute Gasteiger partial charge is 0.497 e. The van der Waals surface area contributed by atoms with E-state index in [1.165, 1.54) is 0 Å². The van der Waals surface area contributed by atoms with Crippen molar-refractivity contribution in [1.29, 1.82) is 0 Å². The third-order valence-corrected chi connectivity index (χ3v) is 3.74. The zero-order valence-corrected chi connectivity index (χ0v) is 15.0. The number of hydrogen-bond donors (Lipinski definition) is 2. The van der Waals surface area contributed by atoms with E-state index in [-0.39, 0.29) is 37.3 Å². The molecule has 0 saturated carbocycles. The zero-order chi connectivity index (χ0) is 15.2. The molecule has 0 bridgehead atoms. The first-order valence-corrected chi connectivity index (χ1v) is 7.13. The van der Waals surface area contributed by atoms with E-state index < -0.39 is 0 Å². The summed E-state index contributed by atoms with van der Waals surface area (Å²) in [6.45, 7) is 1.58. The number of likely N-dealkylation sites (tertiary alicyclic amines) is 1. The number of ether oxygens (including phenoxy) is 2. The fraction of sp³-hybridized carbons (Fsp3) is 0.533. The molecule has 1 heterocycles. The third-order valence-electron chi connectivity index (χ3n) is 3.74. The molecule has 132 valence electrons. The third kappa shape index (κ3) is 5.97. The van der Waals surface area contributed by atoms with Crippen LogP contribution in [0.5, 0.6) is 11.5 Å². The molecule has 2 rings (SSSR count). The molecule has 1 aliphatic rings. The van der Waals surface area contributed by atoms with E-state index in [1.807, 2.05) is 23.1 Å². The molecule has 1 fully saturated rings. The monoisotopic (exact) mass is 365 g/mol. The topological polar surface area (TPSA) is 76.8 Å². The van der Waals surface area contributed by atoms with Crippen LogP contribution >= 0.6 is 24.8 Å². The summed E-state index contributed by atoms with van der Waals surface area (Å²) in [6.07, 6.45) is 1.82. The number of anilines is 1. The number of hydrogen-bond acceptors (Lipinski definition) is 5. The minimum absolute atomic E-state index is 0. The molecule has 1 saturated heterocycles. The van der Waals surface area contributed by atoms with Crippen LogP contribution in [0.4, 0.5) is 5.69 Å². The SMILES string of the molecule is COc1cc(NC2CCN(C(=O)CN)CC2)cc(OC)c1.Cl.Cl. The first kappa shape index (κ1) is 21.6. The lowest BCUT2D eigenvalue weighted by molar-refractivity contribution is -0.130. The van der Waals surface area contributed by atoms with Gasteiger partial charge < -0.3 is 25.4 Å². The minimum Gasteiger partial charge on any atom is -0.497 e. The number of carbonyl (C=O) groups excluding carboxylic acids is 1. The number of amides is 1. The van der Waals surface area contributed by atoms with E-state index in [1.54, 1.807) is 14.2 Å². The molecule has 1 amide bonds. The lowest BCUT2D eigenvalue weighted by atomic mass is 10.0. The highest BCUT2D eigenvalue weighted by Crippen LogP contribution is 2.27. The summed E-state index contributed by atoms with van der Waals surface area (Å²) in [5.74, 6) is 1.54. The molecule has 0 aromatic heterocycles. The van der Waals surface area contributed by atoms with Crippen LogP contribution in [0.15, 0.2) is 18.2 Å². The van der Waals surface area contributed by atoms with Crippen LogP contribution in [0.2, 0.25) is 0 Å². The Labute approximate surface area is 149 Å². The number of nitrogens with two attached hydrogens (primary N) is 1. The van der Waals surface area contributed by atoms with Gasteiger partial charge in [0.15, 0.2) is 0 Å². The van der Waals surface area contributed by atoms with Crippen molar-refractivity contribution < 1.29 is 14.3 Å². The van der Waals surface area contributed by atoms with Gasteiger partial charge in [0, 0.05) is 43.0 Å². The van der Waals surface area contributed by atoms with Crippen molar-refractivity contribution in [1.82, 2.24) is 4.90 Å². The maximum Gasteiger partial charge on any atom is 0.236 e. The normalized spacial score (nSPS) is 14.3. The summed E-state index contributed by atoms with van der Waals surface area (Å²) in [6, 6.07) is 6.07. The number of carbonyl (C=O) groups is 1. The second-order valence-corrected chi connectivity index (χ2v) is 5.10. The highest BCUT2D eigenvalue weighted by Gasteiger charge is 2.22. The minimum atomic E-state index is 0. The zero-order valence-electron chi connectivity index (χ0n) is 13.4. The Morgan fingerprint density at radius 1 is 1.17 bits per heavy atom. The van der Waals surface area contributed by atoms with Crippen molar-refractivity contribution >= 4 is 36.4 Å². The van der Waals surface area contributed by atoms with E-state index in [9.17, 15) is 4.79 Å². The molecule has 1 aromatic rings. The summed E-state index contributed by atoms with van der Waals surface area (Å²) in [5, 5.41) is 3.48. The molecular weight excluding hydrogens is 341 g/mol. The van der Waals surface area contributed by atoms with Gasteiger partial charge in [-0.3, -0.25) is 4.79 Å². The van der Waals surface area contributed by atoms with Gasteiger partial charge in [0.1, 0.15) is 11.5 Å². The smallest absolute Gasteiger partial charge is 0.236 e. The molecular formula is C15H25Cl2N3O3. The molecule has 1 aromatic carbocycles. The van der Waals surface area contributed by atoms with Gasteiger partial charge in [0.2, 0.25) is 5.91 Å². The van der Waals surface area contributed by atoms with E-state index in [0.717, 1.165) is 43.1 Å². The molecule has 0 spiro atoms. The number of piperidine rings is 1. The quantitative estimate of drug-likeness (QED) is 0.833. The van der Waals surface area contributed by atoms with Gasteiger partial charge in [-0.05, 0) is 12.8 Å². The van der Waals surface area contributed by atoms with Crippen LogP contribution in [0.3, 0.4) is 0 Å². The highest BCUT2D eigenvalue weighted by atomic mass is 35.5. The predicted molar refractivity (Wildman–Crippen MR) is 96.3 cm³/mol. The molecule has 0 radical (unpaired) electrons. The molecule has 0 aliphatic carbocycles. The first-order valence-electron chi connectivity index (χ1n) is 7.13. The van der Waals surface area contributed by atoms with Crippen LogP contribution in [-0.4, -0.2) is 50.7 Å². The average molecular weight is 366 g/mol. The van der Waals surface area contributed by atoms with Gasteiger partial charge in [-0.25, -0.2) is 0 Å². The molecule has 23 heavy (non-hydrogen) atoms. The number of methoxy groups -OCH3 is 2. The van der Waals surface area contributed by atoms with Crippen LogP contribution in [0.1, 0.15) is 12.8 Å². The summed E-state index contributed by atoms with van der Waals surface area (Å²) >= 11 is 0. The first-order chi connectivity index (χ1) is 10.2. The number of nitrogens with zero attached hydrogens (tertiary/aromatic N) is 1. The van der Waals surface area contributed by atoms with Crippen LogP contribution in [0, 0.1) is 0 Å². The van der Waals surface area contributed by atoms with E-state index in [0.29, 0.717) is 6.04 Å². The van der Waals surface area contributed by atoms with Crippen molar-refractivity contribution in [3.63, 3.8) is 0 Å². The van der Waals surface area contributed by atoms with Crippen molar-refractivity contribution in [3.8, 4) is 11.5 Å². The predicted octanol–water partition coefficient (Wildman–Crippen LogP) is 1.91. The Morgan fingerprint density at radius 2 is 1.70 bits per heavy atom. The second kappa shape index (κ2) is 10.4. The molecule has 8 heteroatoms. The van der Waals surface area contributed by atoms with Crippen LogP contribution in [-0.2, 0) is 4.79 Å². The maximum absolute atomic E-state index is 11.5. The summed E-state index contributed by atoms with van der Waals surface area (Å²) in [7, 11) is 3.27. The van der Waals surface area contributed by atoms with Crippen molar-refractivity contribution in [2.75, 3.05) is 39.2 Å². The van der Waals surface area contributed by atoms with E-state index in [4.69, 9.17) is 15.2 Å². The fourth-order valence-corrected chi connectivity index (χ4v) is 2.53. The van der Waals surface area contributed by atoms with Crippen molar-refractivity contribution in [3.05, 3.63) is 18.2 Å². The van der Waals surface area contributed by atoms with Gasteiger partial charge in [0.25, 0.3) is 0 Å². The van der Waals surface area contributed by atoms with Gasteiger partial charge >= 0.3 is 0 Å². The number of rotatable bonds is 5. The van der Waals surface area contributed by atoms with E-state index >= 15 is 0 Å². The van der Waals surface area contributed by atoms with Crippen LogP contribution < -0.4 is 20.5 Å². The van der Waals surface area contributed by atoms with Gasteiger partial charge in [-0.1, -0.05) is 0 Å². The lowest BCUT2D eigenvalue weighted by Gasteiger charge is -2.32. The Kier molecular flexibility index (Phi) is 9.79. The number of benzene rings is 1. The summed E-state index contributed by atoms with van der Waals surface area (Å²) in [5.41, 5.74) is 6.36. The Morgan fingerprint density at radius 3 is 2.13 bits per heavy atom. The Balaban J connectivity index is 0.00000242. The van der Waals surface area contributed by atoms with Gasteiger partial charge in [-0.2, -0.15) is 0 Å². The Bertz CT molecular complexity index is 473. The average Bonchev–Trinajstić information content (AvgIpc) is 2.54. The highest BCUT2D eigenvalue weighted by molar-refractivity contribution is 5.85. The molecule has 3 N–H and O–H groups in total. The maximum atomic E-state index is 11.5. The van der Waals surface area contributed by atoms with Gasteiger partial charge in [-0.15, -0.1) is 24.8 Å². The van der Waals surface area contributed by atoms with Crippen LogP contribution in [0.25, 0.3) is 0 Å². The standard InChI is InChI=1S/C15H23N3O3.2ClH/c1-20-13-7-12(8-14(9-13)21-2)17-11-3-5-18(6-4-11)15(19)10-16;;/h7-9,11,17H,3-6,10,16H2,1-2H3;2*1H. The summed E-state index contributed by atoms with van der Waals surface area (Å²) < 4.78 is 10.5. The molecule has 6 nitrogen and oxygen atoms in total. The second-order valence-electron chi connectivity index (χ2n) is 5.10. The Hall–Kier alpha value is -1.37. The number of halogens is 2. The molecule has 1 aliphatic heterocycles. The van der Waals surface area contributed by atoms with E-state index in [2.05, 4.69) is 5.32 Å². The molecule has 0 unspecified atom stereocenters. The fourth-order valence-electron chi connectivity index (χ4n) is 2.53. The summed E-state index contributed by atoms with van der Waals surface area (Å²) in [4.78, 5) is 13.4. The lowest BCUT2D eigenvalue weighted by Crippen LogP contribution is -2.44. The number of nitrogens with one attached hydrogen (secondary N) is 1. The van der Waals surface area contributed by atoms with Crippen molar-refractivity contribution in [2.45, 2.75) is 18.9 Å². The van der Waals surface area contributed by atoms with Crippen molar-refractivity contribution in [2.24, 2.45) is 5.73 Å². The van der Waals surface area contributed by atoms with Gasteiger partial charge in [0.05, 0.1) is 20.8 Å². The molecule has 0 atom stereocenters.